The van der Waals surface area contributed by atoms with Gasteiger partial charge < -0.3 is 25.0 Å². The van der Waals surface area contributed by atoms with Gasteiger partial charge in [0, 0.05) is 41.9 Å². The van der Waals surface area contributed by atoms with Crippen molar-refractivity contribution >= 4 is 23.3 Å². The standard InChI is InChI=1S/C21H31N7O4S/c1-13(28(15-5-6-15)20(29)16-12-22-8-9-32-16)17-10-14(4-3-7-23-21(30)31-2)18(33-17)11-19-24-26-27-25-19/h10,13,15-16,22H,3-9,11-12H2,1-2H3,(H,23,30)(H,24,25,26,27)/t13-,16-/m1/s1. The van der Waals surface area contributed by atoms with Crippen molar-refractivity contribution in [2.75, 3.05) is 33.4 Å². The number of alkyl carbamates (subject to hydrolysis) is 1. The number of aromatic amines is 1. The number of hydrogen-bond acceptors (Lipinski definition) is 9. The van der Waals surface area contributed by atoms with E-state index in [1.807, 2.05) is 4.90 Å². The van der Waals surface area contributed by atoms with Gasteiger partial charge >= 0.3 is 6.09 Å². The highest BCUT2D eigenvalue weighted by molar-refractivity contribution is 7.12. The minimum atomic E-state index is -0.431. The quantitative estimate of drug-likeness (QED) is 0.434. The van der Waals surface area contributed by atoms with Crippen molar-refractivity contribution in [2.45, 2.75) is 57.2 Å². The molecule has 0 aromatic carbocycles. The summed E-state index contributed by atoms with van der Waals surface area (Å²) in [7, 11) is 1.35. The number of carbonyl (C=O) groups excluding carboxylic acids is 2. The molecule has 3 N–H and O–H groups in total. The highest BCUT2D eigenvalue weighted by Gasteiger charge is 2.40. The Kier molecular flexibility index (Phi) is 7.89. The Bertz CT molecular complexity index is 925. The van der Waals surface area contributed by atoms with Crippen LogP contribution in [0.4, 0.5) is 4.79 Å². The first kappa shape index (κ1) is 23.6. The molecule has 1 aliphatic heterocycles. The van der Waals surface area contributed by atoms with Crippen molar-refractivity contribution in [3.63, 3.8) is 0 Å². The van der Waals surface area contributed by atoms with Crippen LogP contribution in [0.3, 0.4) is 0 Å². The molecule has 2 amide bonds. The first-order valence-corrected chi connectivity index (χ1v) is 12.2. The van der Waals surface area contributed by atoms with Crippen molar-refractivity contribution < 1.29 is 19.1 Å². The van der Waals surface area contributed by atoms with E-state index in [1.54, 1.807) is 11.3 Å². The fourth-order valence-corrected chi connectivity index (χ4v) is 5.33. The summed E-state index contributed by atoms with van der Waals surface area (Å²) in [6.45, 7) is 4.51. The third-order valence-corrected chi connectivity index (χ3v) is 7.28. The van der Waals surface area contributed by atoms with E-state index in [0.29, 0.717) is 31.9 Å². The van der Waals surface area contributed by atoms with Gasteiger partial charge in [-0.15, -0.1) is 21.5 Å². The van der Waals surface area contributed by atoms with Crippen LogP contribution in [0.1, 0.15) is 53.4 Å². The third kappa shape index (κ3) is 6.06. The van der Waals surface area contributed by atoms with Gasteiger partial charge in [-0.3, -0.25) is 4.79 Å². The van der Waals surface area contributed by atoms with E-state index < -0.39 is 12.2 Å². The molecule has 12 heteroatoms. The zero-order valence-electron chi connectivity index (χ0n) is 19.0. The number of tetrazole rings is 1. The molecule has 33 heavy (non-hydrogen) atoms. The summed E-state index contributed by atoms with van der Waals surface area (Å²) in [5.41, 5.74) is 1.18. The first-order valence-electron chi connectivity index (χ1n) is 11.4. The third-order valence-electron chi connectivity index (χ3n) is 5.93. The lowest BCUT2D eigenvalue weighted by Crippen LogP contribution is -2.50. The zero-order chi connectivity index (χ0) is 23.2. The molecule has 1 saturated heterocycles. The molecule has 0 unspecified atom stereocenters. The van der Waals surface area contributed by atoms with E-state index in [-0.39, 0.29) is 18.0 Å². The Labute approximate surface area is 196 Å². The number of morpholine rings is 1. The molecule has 0 bridgehead atoms. The van der Waals surface area contributed by atoms with Crippen molar-refractivity contribution in [1.29, 1.82) is 0 Å². The molecule has 11 nitrogen and oxygen atoms in total. The van der Waals surface area contributed by atoms with Crippen molar-refractivity contribution in [1.82, 2.24) is 36.2 Å². The number of amides is 2. The largest absolute Gasteiger partial charge is 0.453 e. The van der Waals surface area contributed by atoms with E-state index in [1.165, 1.54) is 12.7 Å². The Morgan fingerprint density at radius 1 is 1.42 bits per heavy atom. The number of thiophene rings is 1. The van der Waals surface area contributed by atoms with Crippen LogP contribution in [0.25, 0.3) is 0 Å². The van der Waals surface area contributed by atoms with E-state index in [4.69, 9.17) is 4.74 Å². The van der Waals surface area contributed by atoms with Crippen molar-refractivity contribution in [3.8, 4) is 0 Å². The monoisotopic (exact) mass is 477 g/mol. The van der Waals surface area contributed by atoms with E-state index in [9.17, 15) is 9.59 Å². The first-order chi connectivity index (χ1) is 16.1. The maximum atomic E-state index is 13.3. The number of ether oxygens (including phenoxy) is 2. The molecule has 4 rings (SSSR count). The molecule has 2 aromatic heterocycles. The van der Waals surface area contributed by atoms with E-state index >= 15 is 0 Å². The molecule has 2 fully saturated rings. The number of nitrogens with zero attached hydrogens (tertiary/aromatic N) is 4. The zero-order valence-corrected chi connectivity index (χ0v) is 19.8. The van der Waals surface area contributed by atoms with Gasteiger partial charge in [-0.05, 0) is 44.2 Å². The van der Waals surface area contributed by atoms with Crippen LogP contribution in [-0.2, 0) is 27.1 Å². The van der Waals surface area contributed by atoms with Gasteiger partial charge in [-0.2, -0.15) is 5.21 Å². The Hall–Kier alpha value is -2.57. The summed E-state index contributed by atoms with van der Waals surface area (Å²) < 4.78 is 10.4. The van der Waals surface area contributed by atoms with Gasteiger partial charge in [0.2, 0.25) is 0 Å². The summed E-state index contributed by atoms with van der Waals surface area (Å²) in [4.78, 5) is 28.9. The second kappa shape index (κ2) is 11.0. The van der Waals surface area contributed by atoms with Gasteiger partial charge in [0.05, 0.1) is 19.8 Å². The van der Waals surface area contributed by atoms with Crippen molar-refractivity contribution in [3.05, 3.63) is 27.2 Å². The number of carbonyl (C=O) groups is 2. The average molecular weight is 478 g/mol. The van der Waals surface area contributed by atoms with Crippen LogP contribution in [-0.4, -0.2) is 83.0 Å². The second-order valence-electron chi connectivity index (χ2n) is 8.34. The van der Waals surface area contributed by atoms with Gasteiger partial charge in [0.15, 0.2) is 5.82 Å². The molecular formula is C21H31N7O4S. The summed E-state index contributed by atoms with van der Waals surface area (Å²) in [6.07, 6.45) is 3.33. The smallest absolute Gasteiger partial charge is 0.406 e. The van der Waals surface area contributed by atoms with Gasteiger partial charge in [0.1, 0.15) is 6.10 Å². The summed E-state index contributed by atoms with van der Waals surface area (Å²) >= 11 is 1.69. The highest BCUT2D eigenvalue weighted by atomic mass is 32.1. The Morgan fingerprint density at radius 3 is 2.94 bits per heavy atom. The number of aryl methyl sites for hydroxylation is 1. The number of hydrogen-bond donors (Lipinski definition) is 3. The van der Waals surface area contributed by atoms with Crippen molar-refractivity contribution in [2.24, 2.45) is 0 Å². The molecule has 1 saturated carbocycles. The normalized spacial score (nSPS) is 19.2. The minimum Gasteiger partial charge on any atom is -0.453 e. The van der Waals surface area contributed by atoms with Crippen LogP contribution in [0.15, 0.2) is 6.07 Å². The van der Waals surface area contributed by atoms with Gasteiger partial charge in [0.25, 0.3) is 5.91 Å². The maximum Gasteiger partial charge on any atom is 0.406 e. The Balaban J connectivity index is 1.50. The molecule has 1 aliphatic carbocycles. The predicted molar refractivity (Wildman–Crippen MR) is 121 cm³/mol. The van der Waals surface area contributed by atoms with Crippen LogP contribution in [0.5, 0.6) is 0 Å². The van der Waals surface area contributed by atoms with Crippen LogP contribution in [0.2, 0.25) is 0 Å². The fourth-order valence-electron chi connectivity index (χ4n) is 4.07. The molecule has 0 spiro atoms. The number of aromatic nitrogens is 4. The molecule has 0 radical (unpaired) electrons. The maximum absolute atomic E-state index is 13.3. The van der Waals surface area contributed by atoms with Crippen LogP contribution >= 0.6 is 11.3 Å². The highest BCUT2D eigenvalue weighted by Crippen LogP contribution is 2.39. The lowest BCUT2D eigenvalue weighted by atomic mass is 10.1. The number of nitrogens with one attached hydrogen (secondary N) is 3. The topological polar surface area (TPSA) is 134 Å². The molecule has 180 valence electrons. The Morgan fingerprint density at radius 2 is 2.27 bits per heavy atom. The van der Waals surface area contributed by atoms with Crippen LogP contribution < -0.4 is 10.6 Å². The van der Waals surface area contributed by atoms with Gasteiger partial charge in [-0.1, -0.05) is 5.21 Å². The van der Waals surface area contributed by atoms with E-state index in [2.05, 4.69) is 49.0 Å². The molecule has 3 heterocycles. The van der Waals surface area contributed by atoms with Gasteiger partial charge in [-0.25, -0.2) is 4.79 Å². The lowest BCUT2D eigenvalue weighted by Gasteiger charge is -2.33. The predicted octanol–water partition coefficient (Wildman–Crippen LogP) is 1.18. The summed E-state index contributed by atoms with van der Waals surface area (Å²) in [5, 5.41) is 20.3. The second-order valence-corrected chi connectivity index (χ2v) is 9.51. The van der Waals surface area contributed by atoms with Crippen LogP contribution in [0, 0.1) is 0 Å². The SMILES string of the molecule is COC(=O)NCCCc1cc([C@@H](C)N(C(=O)[C@H]2CNCCO2)C2CC2)sc1Cc1nn[nH]n1. The lowest BCUT2D eigenvalue weighted by molar-refractivity contribution is -0.148. The minimum absolute atomic E-state index is 0.0495. The summed E-state index contributed by atoms with van der Waals surface area (Å²) in [6, 6.07) is 2.41. The fraction of sp³-hybridized carbons (Fsp3) is 0.667. The molecule has 2 atom stereocenters. The number of rotatable bonds is 10. The molecule has 2 aromatic rings. The number of methoxy groups -OCH3 is 1. The molecular weight excluding hydrogens is 446 g/mol. The average Bonchev–Trinajstić information content (AvgIpc) is 3.37. The summed E-state index contributed by atoms with van der Waals surface area (Å²) in [5.74, 6) is 0.691. The molecule has 2 aliphatic rings. The van der Waals surface area contributed by atoms with E-state index in [0.717, 1.165) is 42.0 Å². The number of H-pyrrole nitrogens is 1.